The molecule has 0 atom stereocenters. The number of rotatable bonds is 5. The van der Waals surface area contributed by atoms with Gasteiger partial charge >= 0.3 is 5.97 Å². The maximum atomic E-state index is 12.3. The number of aromatic amines is 1. The summed E-state index contributed by atoms with van der Waals surface area (Å²) in [4.78, 5) is 39.7. The number of ether oxygens (including phenoxy) is 1. The van der Waals surface area contributed by atoms with E-state index in [2.05, 4.69) is 4.98 Å². The van der Waals surface area contributed by atoms with E-state index in [0.717, 1.165) is 10.5 Å². The molecule has 6 nitrogen and oxygen atoms in total. The summed E-state index contributed by atoms with van der Waals surface area (Å²) in [7, 11) is 1.45. The van der Waals surface area contributed by atoms with Crippen LogP contribution in [0.1, 0.15) is 17.3 Å². The van der Waals surface area contributed by atoms with Crippen LogP contribution >= 0.6 is 0 Å². The van der Waals surface area contributed by atoms with Crippen molar-refractivity contribution < 1.29 is 14.3 Å². The number of esters is 1. The summed E-state index contributed by atoms with van der Waals surface area (Å²) >= 11 is 0. The van der Waals surface area contributed by atoms with Gasteiger partial charge in [0, 0.05) is 12.7 Å². The Bertz CT molecular complexity index is 753. The fourth-order valence-electron chi connectivity index (χ4n) is 2.11. The van der Waals surface area contributed by atoms with Gasteiger partial charge in [-0.3, -0.25) is 14.4 Å². The van der Waals surface area contributed by atoms with Crippen molar-refractivity contribution in [3.63, 3.8) is 0 Å². The average molecular weight is 314 g/mol. The number of hydrogen-bond acceptors (Lipinski definition) is 4. The van der Waals surface area contributed by atoms with Gasteiger partial charge in [-0.05, 0) is 24.6 Å². The number of carbonyl (C=O) groups excluding carboxylic acids is 2. The molecule has 1 amide bonds. The van der Waals surface area contributed by atoms with Crippen LogP contribution in [0, 0.1) is 0 Å². The summed E-state index contributed by atoms with van der Waals surface area (Å²) in [5.41, 5.74) is 0.965. The molecule has 6 heteroatoms. The SMILES string of the molecule is CCOC(=O)CN(C)C(=O)c1ccc(-c2ccccc2)[nH]c1=O. The monoisotopic (exact) mass is 314 g/mol. The van der Waals surface area contributed by atoms with Gasteiger partial charge in [-0.25, -0.2) is 0 Å². The lowest BCUT2D eigenvalue weighted by molar-refractivity contribution is -0.143. The second-order valence-electron chi connectivity index (χ2n) is 4.95. The third-order valence-corrected chi connectivity index (χ3v) is 3.24. The predicted molar refractivity (Wildman–Crippen MR) is 86.1 cm³/mol. The highest BCUT2D eigenvalue weighted by molar-refractivity contribution is 5.95. The number of pyridine rings is 1. The average Bonchev–Trinajstić information content (AvgIpc) is 2.55. The van der Waals surface area contributed by atoms with Crippen molar-refractivity contribution in [2.45, 2.75) is 6.92 Å². The van der Waals surface area contributed by atoms with Gasteiger partial charge in [0.1, 0.15) is 12.1 Å². The lowest BCUT2D eigenvalue weighted by Crippen LogP contribution is -2.36. The standard InChI is InChI=1S/C17H18N2O4/c1-3-23-15(20)11-19(2)17(22)13-9-10-14(18-16(13)21)12-7-5-4-6-8-12/h4-10H,3,11H2,1-2H3,(H,18,21). The van der Waals surface area contributed by atoms with Gasteiger partial charge in [-0.2, -0.15) is 0 Å². The first kappa shape index (κ1) is 16.5. The van der Waals surface area contributed by atoms with Crippen molar-refractivity contribution in [1.82, 2.24) is 9.88 Å². The van der Waals surface area contributed by atoms with Crippen LogP contribution in [0.3, 0.4) is 0 Å². The summed E-state index contributed by atoms with van der Waals surface area (Å²) in [5.74, 6) is -1.04. The van der Waals surface area contributed by atoms with E-state index in [1.54, 1.807) is 13.0 Å². The zero-order chi connectivity index (χ0) is 16.8. The van der Waals surface area contributed by atoms with Gasteiger partial charge in [0.25, 0.3) is 11.5 Å². The number of likely N-dealkylation sites (N-methyl/N-ethyl adjacent to an activating group) is 1. The van der Waals surface area contributed by atoms with Crippen molar-refractivity contribution in [3.05, 3.63) is 58.4 Å². The van der Waals surface area contributed by atoms with Gasteiger partial charge in [0.15, 0.2) is 0 Å². The molecule has 0 aliphatic carbocycles. The van der Waals surface area contributed by atoms with Gasteiger partial charge < -0.3 is 14.6 Å². The van der Waals surface area contributed by atoms with Crippen molar-refractivity contribution in [1.29, 1.82) is 0 Å². The summed E-state index contributed by atoms with van der Waals surface area (Å²) < 4.78 is 4.79. The Morgan fingerprint density at radius 2 is 1.83 bits per heavy atom. The third kappa shape index (κ3) is 4.06. The van der Waals surface area contributed by atoms with Gasteiger partial charge in [0.2, 0.25) is 0 Å². The number of nitrogens with one attached hydrogen (secondary N) is 1. The van der Waals surface area contributed by atoms with Crippen molar-refractivity contribution in [2.24, 2.45) is 0 Å². The Balaban J connectivity index is 2.19. The van der Waals surface area contributed by atoms with Crippen LogP contribution in [0.5, 0.6) is 0 Å². The Hall–Kier alpha value is -2.89. The van der Waals surface area contributed by atoms with Crippen molar-refractivity contribution in [3.8, 4) is 11.3 Å². The molecule has 0 aliphatic heterocycles. The van der Waals surface area contributed by atoms with Gasteiger partial charge in [-0.1, -0.05) is 30.3 Å². The minimum atomic E-state index is -0.529. The molecule has 23 heavy (non-hydrogen) atoms. The highest BCUT2D eigenvalue weighted by Crippen LogP contribution is 2.14. The Morgan fingerprint density at radius 1 is 1.13 bits per heavy atom. The largest absolute Gasteiger partial charge is 0.465 e. The molecule has 0 fully saturated rings. The molecule has 2 rings (SSSR count). The molecule has 1 aromatic heterocycles. The third-order valence-electron chi connectivity index (χ3n) is 3.24. The molecule has 0 radical (unpaired) electrons. The van der Waals surface area contributed by atoms with Crippen LogP contribution in [0.4, 0.5) is 0 Å². The Labute approximate surface area is 133 Å². The number of hydrogen-bond donors (Lipinski definition) is 1. The second kappa shape index (κ2) is 7.40. The maximum absolute atomic E-state index is 12.3. The van der Waals surface area contributed by atoms with E-state index < -0.39 is 17.4 Å². The van der Waals surface area contributed by atoms with E-state index in [1.165, 1.54) is 13.1 Å². The number of benzene rings is 1. The highest BCUT2D eigenvalue weighted by Gasteiger charge is 2.18. The Morgan fingerprint density at radius 3 is 2.43 bits per heavy atom. The zero-order valence-electron chi connectivity index (χ0n) is 13.0. The smallest absolute Gasteiger partial charge is 0.325 e. The molecule has 1 N–H and O–H groups in total. The number of H-pyrrole nitrogens is 1. The van der Waals surface area contributed by atoms with Crippen LogP contribution in [-0.4, -0.2) is 42.0 Å². The molecule has 0 saturated heterocycles. The number of carbonyl (C=O) groups is 2. The topological polar surface area (TPSA) is 79.5 Å². The highest BCUT2D eigenvalue weighted by atomic mass is 16.5. The second-order valence-corrected chi connectivity index (χ2v) is 4.95. The lowest BCUT2D eigenvalue weighted by Gasteiger charge is -2.15. The molecule has 2 aromatic rings. The summed E-state index contributed by atoms with van der Waals surface area (Å²) in [5, 5.41) is 0. The number of amides is 1. The molecule has 0 bridgehead atoms. The minimum absolute atomic E-state index is 0.0171. The maximum Gasteiger partial charge on any atom is 0.325 e. The molecular formula is C17H18N2O4. The summed E-state index contributed by atoms with van der Waals surface area (Å²) in [6.45, 7) is 1.73. The van der Waals surface area contributed by atoms with Crippen LogP contribution in [0.2, 0.25) is 0 Å². The predicted octanol–water partition coefficient (Wildman–Crippen LogP) is 1.68. The van der Waals surface area contributed by atoms with Crippen LogP contribution in [0.15, 0.2) is 47.3 Å². The fourth-order valence-corrected chi connectivity index (χ4v) is 2.11. The van der Waals surface area contributed by atoms with Crippen LogP contribution in [-0.2, 0) is 9.53 Å². The van der Waals surface area contributed by atoms with E-state index in [0.29, 0.717) is 5.69 Å². The van der Waals surface area contributed by atoms with E-state index in [1.807, 2.05) is 30.3 Å². The number of nitrogens with zero attached hydrogens (tertiary/aromatic N) is 1. The molecule has 0 saturated carbocycles. The minimum Gasteiger partial charge on any atom is -0.465 e. The lowest BCUT2D eigenvalue weighted by atomic mass is 10.1. The Kier molecular flexibility index (Phi) is 5.30. The van der Waals surface area contributed by atoms with Crippen LogP contribution in [0.25, 0.3) is 11.3 Å². The molecule has 0 unspecified atom stereocenters. The zero-order valence-corrected chi connectivity index (χ0v) is 13.0. The van der Waals surface area contributed by atoms with Crippen molar-refractivity contribution >= 4 is 11.9 Å². The van der Waals surface area contributed by atoms with E-state index in [4.69, 9.17) is 4.74 Å². The summed E-state index contributed by atoms with van der Waals surface area (Å²) in [6.07, 6.45) is 0. The fraction of sp³-hybridized carbons (Fsp3) is 0.235. The molecule has 1 aromatic carbocycles. The van der Waals surface area contributed by atoms with E-state index in [-0.39, 0.29) is 18.7 Å². The first-order valence-electron chi connectivity index (χ1n) is 7.22. The quantitative estimate of drug-likeness (QED) is 0.852. The van der Waals surface area contributed by atoms with Crippen molar-refractivity contribution in [2.75, 3.05) is 20.2 Å². The first-order chi connectivity index (χ1) is 11.0. The molecule has 0 spiro atoms. The first-order valence-corrected chi connectivity index (χ1v) is 7.22. The van der Waals surface area contributed by atoms with E-state index in [9.17, 15) is 14.4 Å². The number of aromatic nitrogens is 1. The molecule has 1 heterocycles. The van der Waals surface area contributed by atoms with Gasteiger partial charge in [0.05, 0.1) is 6.61 Å². The molecule has 120 valence electrons. The van der Waals surface area contributed by atoms with Gasteiger partial charge in [-0.15, -0.1) is 0 Å². The van der Waals surface area contributed by atoms with E-state index >= 15 is 0 Å². The molecule has 0 aliphatic rings. The normalized spacial score (nSPS) is 10.2. The summed E-state index contributed by atoms with van der Waals surface area (Å²) in [6, 6.07) is 12.5. The molecular weight excluding hydrogens is 296 g/mol. The van der Waals surface area contributed by atoms with Crippen LogP contribution < -0.4 is 5.56 Å².